The molecule has 3 rings (SSSR count). The molecule has 1 aromatic carbocycles. The molecular formula is C13H18N4O. The standard InChI is InChI=1S/C13H18N4O/c1-8-2-3-17(13(8)7-18)12-5-11-9(4-10(12)14)6-15-16-11/h4-6,8,13,18H,2-3,7,14H2,1H3,(H,15,16). The number of nitrogen functional groups attached to an aromatic ring is 1. The Labute approximate surface area is 106 Å². The number of aliphatic hydroxyl groups is 1. The predicted octanol–water partition coefficient (Wildman–Crippen LogP) is 1.35. The minimum Gasteiger partial charge on any atom is -0.397 e. The van der Waals surface area contributed by atoms with Gasteiger partial charge in [-0.3, -0.25) is 5.10 Å². The van der Waals surface area contributed by atoms with Crippen LogP contribution in [0.1, 0.15) is 13.3 Å². The van der Waals surface area contributed by atoms with Crippen molar-refractivity contribution in [1.82, 2.24) is 10.2 Å². The minimum atomic E-state index is 0.160. The fourth-order valence-corrected chi connectivity index (χ4v) is 2.83. The predicted molar refractivity (Wildman–Crippen MR) is 72.5 cm³/mol. The van der Waals surface area contributed by atoms with Gasteiger partial charge >= 0.3 is 0 Å². The first-order valence-electron chi connectivity index (χ1n) is 6.31. The first-order chi connectivity index (χ1) is 8.70. The number of aromatic nitrogens is 2. The van der Waals surface area contributed by atoms with Gasteiger partial charge in [-0.2, -0.15) is 5.10 Å². The van der Waals surface area contributed by atoms with Crippen molar-refractivity contribution >= 4 is 22.3 Å². The average Bonchev–Trinajstić information content (AvgIpc) is 2.93. The van der Waals surface area contributed by atoms with Crippen LogP contribution in [-0.4, -0.2) is 34.5 Å². The van der Waals surface area contributed by atoms with E-state index in [4.69, 9.17) is 5.73 Å². The van der Waals surface area contributed by atoms with Crippen molar-refractivity contribution in [2.24, 2.45) is 5.92 Å². The molecule has 1 fully saturated rings. The number of rotatable bonds is 2. The fraction of sp³-hybridized carbons (Fsp3) is 0.462. The number of H-pyrrole nitrogens is 1. The Hall–Kier alpha value is -1.75. The molecule has 1 aliphatic heterocycles. The van der Waals surface area contributed by atoms with Crippen LogP contribution < -0.4 is 10.6 Å². The number of fused-ring (bicyclic) bond motifs is 1. The van der Waals surface area contributed by atoms with Crippen LogP contribution in [0.15, 0.2) is 18.3 Å². The highest BCUT2D eigenvalue weighted by Gasteiger charge is 2.31. The summed E-state index contributed by atoms with van der Waals surface area (Å²) in [7, 11) is 0. The third kappa shape index (κ3) is 1.62. The highest BCUT2D eigenvalue weighted by molar-refractivity contribution is 5.89. The molecule has 5 heteroatoms. The van der Waals surface area contributed by atoms with Gasteiger partial charge in [0.1, 0.15) is 0 Å². The highest BCUT2D eigenvalue weighted by Crippen LogP contribution is 2.35. The van der Waals surface area contributed by atoms with Crippen LogP contribution in [0.5, 0.6) is 0 Å². The molecule has 0 radical (unpaired) electrons. The highest BCUT2D eigenvalue weighted by atomic mass is 16.3. The van der Waals surface area contributed by atoms with E-state index in [1.54, 1.807) is 6.20 Å². The number of benzene rings is 1. The van der Waals surface area contributed by atoms with Gasteiger partial charge < -0.3 is 15.7 Å². The van der Waals surface area contributed by atoms with Gasteiger partial charge in [-0.15, -0.1) is 0 Å². The third-order valence-corrected chi connectivity index (χ3v) is 3.97. The summed E-state index contributed by atoms with van der Waals surface area (Å²) in [5.41, 5.74) is 8.85. The van der Waals surface area contributed by atoms with E-state index in [0.717, 1.165) is 35.2 Å². The van der Waals surface area contributed by atoms with E-state index in [1.807, 2.05) is 12.1 Å². The Bertz CT molecular complexity index is 565. The quantitative estimate of drug-likeness (QED) is 0.699. The summed E-state index contributed by atoms with van der Waals surface area (Å²) in [6.45, 7) is 3.28. The number of hydrogen-bond acceptors (Lipinski definition) is 4. The number of aromatic amines is 1. The van der Waals surface area contributed by atoms with E-state index in [0.29, 0.717) is 5.92 Å². The fourth-order valence-electron chi connectivity index (χ4n) is 2.83. The second-order valence-corrected chi connectivity index (χ2v) is 5.08. The molecule has 2 unspecified atom stereocenters. The second-order valence-electron chi connectivity index (χ2n) is 5.08. The SMILES string of the molecule is CC1CCN(c2cc3[nH]ncc3cc2N)C1CO. The van der Waals surface area contributed by atoms with Crippen molar-refractivity contribution in [3.05, 3.63) is 18.3 Å². The number of anilines is 2. The van der Waals surface area contributed by atoms with Crippen LogP contribution >= 0.6 is 0 Å². The maximum Gasteiger partial charge on any atom is 0.0672 e. The normalized spacial score (nSPS) is 24.0. The number of nitrogens with zero attached hydrogens (tertiary/aromatic N) is 2. The molecule has 2 aromatic rings. The summed E-state index contributed by atoms with van der Waals surface area (Å²) in [5, 5.41) is 17.5. The van der Waals surface area contributed by atoms with Gasteiger partial charge in [-0.1, -0.05) is 6.92 Å². The van der Waals surface area contributed by atoms with Crippen LogP contribution in [0.4, 0.5) is 11.4 Å². The molecule has 0 aliphatic carbocycles. The number of nitrogens with two attached hydrogens (primary N) is 1. The Morgan fingerprint density at radius 1 is 1.56 bits per heavy atom. The van der Waals surface area contributed by atoms with Crippen molar-refractivity contribution in [3.63, 3.8) is 0 Å². The number of hydrogen-bond donors (Lipinski definition) is 3. The average molecular weight is 246 g/mol. The maximum absolute atomic E-state index is 9.53. The van der Waals surface area contributed by atoms with Crippen LogP contribution in [0.25, 0.3) is 10.9 Å². The molecule has 4 N–H and O–H groups in total. The molecule has 0 saturated carbocycles. The molecule has 5 nitrogen and oxygen atoms in total. The van der Waals surface area contributed by atoms with E-state index in [1.165, 1.54) is 0 Å². The van der Waals surface area contributed by atoms with Gasteiger partial charge in [0.15, 0.2) is 0 Å². The summed E-state index contributed by atoms with van der Waals surface area (Å²) in [4.78, 5) is 2.21. The lowest BCUT2D eigenvalue weighted by Gasteiger charge is -2.28. The van der Waals surface area contributed by atoms with E-state index in [-0.39, 0.29) is 12.6 Å². The lowest BCUT2D eigenvalue weighted by atomic mass is 10.0. The van der Waals surface area contributed by atoms with Crippen molar-refractivity contribution in [2.75, 3.05) is 23.8 Å². The zero-order chi connectivity index (χ0) is 12.7. The smallest absolute Gasteiger partial charge is 0.0672 e. The van der Waals surface area contributed by atoms with Gasteiger partial charge in [-0.25, -0.2) is 0 Å². The van der Waals surface area contributed by atoms with Crippen LogP contribution in [0.3, 0.4) is 0 Å². The zero-order valence-corrected chi connectivity index (χ0v) is 10.4. The monoisotopic (exact) mass is 246 g/mol. The number of aliphatic hydroxyl groups excluding tert-OH is 1. The van der Waals surface area contributed by atoms with Crippen LogP contribution in [0.2, 0.25) is 0 Å². The topological polar surface area (TPSA) is 78.2 Å². The van der Waals surface area contributed by atoms with Crippen LogP contribution in [-0.2, 0) is 0 Å². The Kier molecular flexibility index (Phi) is 2.63. The second kappa shape index (κ2) is 4.17. The summed E-state index contributed by atoms with van der Waals surface area (Å²) in [6.07, 6.45) is 2.86. The van der Waals surface area contributed by atoms with Gasteiger partial charge in [0.2, 0.25) is 0 Å². The Morgan fingerprint density at radius 3 is 3.17 bits per heavy atom. The summed E-state index contributed by atoms with van der Waals surface area (Å²) in [5.74, 6) is 0.492. The van der Waals surface area contributed by atoms with Crippen molar-refractivity contribution in [1.29, 1.82) is 0 Å². The Morgan fingerprint density at radius 2 is 2.39 bits per heavy atom. The van der Waals surface area contributed by atoms with E-state index < -0.39 is 0 Å². The first-order valence-corrected chi connectivity index (χ1v) is 6.31. The maximum atomic E-state index is 9.53. The molecule has 2 heterocycles. The molecule has 0 spiro atoms. The van der Waals surface area contributed by atoms with E-state index in [2.05, 4.69) is 22.0 Å². The van der Waals surface area contributed by atoms with Gasteiger partial charge in [0.25, 0.3) is 0 Å². The van der Waals surface area contributed by atoms with Gasteiger partial charge in [0, 0.05) is 11.9 Å². The van der Waals surface area contributed by atoms with Gasteiger partial charge in [-0.05, 0) is 24.5 Å². The van der Waals surface area contributed by atoms with E-state index in [9.17, 15) is 5.11 Å². The summed E-state index contributed by atoms with van der Waals surface area (Å²) >= 11 is 0. The molecule has 18 heavy (non-hydrogen) atoms. The molecule has 1 aliphatic rings. The first kappa shape index (κ1) is 11.3. The number of nitrogens with one attached hydrogen (secondary N) is 1. The zero-order valence-electron chi connectivity index (χ0n) is 10.4. The molecule has 1 saturated heterocycles. The molecule has 96 valence electrons. The Balaban J connectivity index is 2.05. The van der Waals surface area contributed by atoms with Crippen LogP contribution in [0, 0.1) is 5.92 Å². The van der Waals surface area contributed by atoms with Crippen molar-refractivity contribution in [2.45, 2.75) is 19.4 Å². The lowest BCUT2D eigenvalue weighted by molar-refractivity contribution is 0.245. The molecular weight excluding hydrogens is 228 g/mol. The molecule has 0 amide bonds. The lowest BCUT2D eigenvalue weighted by Crippen LogP contribution is -2.35. The molecule has 0 bridgehead atoms. The summed E-state index contributed by atoms with van der Waals surface area (Å²) < 4.78 is 0. The third-order valence-electron chi connectivity index (χ3n) is 3.97. The van der Waals surface area contributed by atoms with E-state index >= 15 is 0 Å². The summed E-state index contributed by atoms with van der Waals surface area (Å²) in [6, 6.07) is 4.12. The molecule has 2 atom stereocenters. The molecule has 1 aromatic heterocycles. The van der Waals surface area contributed by atoms with Crippen molar-refractivity contribution in [3.8, 4) is 0 Å². The van der Waals surface area contributed by atoms with Crippen molar-refractivity contribution < 1.29 is 5.11 Å². The van der Waals surface area contributed by atoms with Gasteiger partial charge in [0.05, 0.1) is 35.7 Å². The largest absolute Gasteiger partial charge is 0.397 e. The minimum absolute atomic E-state index is 0.160.